The van der Waals surface area contributed by atoms with Crippen molar-refractivity contribution in [1.29, 1.82) is 0 Å². The Morgan fingerprint density at radius 1 is 1.08 bits per heavy atom. The molecule has 0 radical (unpaired) electrons. The first kappa shape index (κ1) is 16.0. The van der Waals surface area contributed by atoms with Crippen LogP contribution in [0.5, 0.6) is 5.75 Å². The molecule has 0 aliphatic heterocycles. The second kappa shape index (κ2) is 6.32. The molecule has 1 heterocycles. The van der Waals surface area contributed by atoms with E-state index in [1.165, 1.54) is 6.07 Å². The average Bonchev–Trinajstić information content (AvgIpc) is 2.57. The molecular formula is C20H18O4. The van der Waals surface area contributed by atoms with E-state index in [1.807, 2.05) is 38.1 Å². The minimum atomic E-state index is -0.639. The highest BCUT2D eigenvalue weighted by Gasteiger charge is 2.19. The normalized spacial score (nSPS) is 12.1. The number of ether oxygens (including phenoxy) is 1. The van der Waals surface area contributed by atoms with Gasteiger partial charge in [-0.15, -0.1) is 0 Å². The highest BCUT2D eigenvalue weighted by Crippen LogP contribution is 2.29. The van der Waals surface area contributed by atoms with Crippen LogP contribution in [0.2, 0.25) is 0 Å². The van der Waals surface area contributed by atoms with Crippen LogP contribution in [0.3, 0.4) is 0 Å². The fourth-order valence-corrected chi connectivity index (χ4v) is 2.71. The molecule has 1 aromatic heterocycles. The number of aryl methyl sites for hydroxylation is 2. The van der Waals surface area contributed by atoms with Gasteiger partial charge in [0.25, 0.3) is 0 Å². The topological polar surface area (TPSA) is 56.5 Å². The van der Waals surface area contributed by atoms with E-state index in [0.717, 1.165) is 10.9 Å². The molecule has 0 aliphatic rings. The Kier molecular flexibility index (Phi) is 4.21. The maximum absolute atomic E-state index is 12.4. The van der Waals surface area contributed by atoms with Gasteiger partial charge in [0.1, 0.15) is 11.3 Å². The standard InChI is InChI=1S/C20H18O4/c1-12-11-18(21)24-20-13(2)17(10-9-16(12)20)23-14(3)19(22)15-7-5-4-6-8-15/h4-11,14H,1-3H3/t14-/m1/s1. The van der Waals surface area contributed by atoms with Crippen LogP contribution < -0.4 is 10.4 Å². The summed E-state index contributed by atoms with van der Waals surface area (Å²) in [6.45, 7) is 5.39. The maximum Gasteiger partial charge on any atom is 0.336 e. The van der Waals surface area contributed by atoms with Crippen molar-refractivity contribution >= 4 is 16.8 Å². The van der Waals surface area contributed by atoms with Crippen LogP contribution >= 0.6 is 0 Å². The van der Waals surface area contributed by atoms with Gasteiger partial charge in [-0.05, 0) is 38.5 Å². The van der Waals surface area contributed by atoms with Crippen LogP contribution in [0.25, 0.3) is 11.0 Å². The highest BCUT2D eigenvalue weighted by molar-refractivity contribution is 5.99. The molecule has 0 spiro atoms. The molecule has 122 valence electrons. The number of benzene rings is 2. The lowest BCUT2D eigenvalue weighted by Crippen LogP contribution is -2.24. The summed E-state index contributed by atoms with van der Waals surface area (Å²) >= 11 is 0. The molecule has 1 atom stereocenters. The molecule has 0 amide bonds. The van der Waals surface area contributed by atoms with Crippen LogP contribution in [-0.4, -0.2) is 11.9 Å². The van der Waals surface area contributed by atoms with E-state index in [-0.39, 0.29) is 5.78 Å². The molecule has 24 heavy (non-hydrogen) atoms. The lowest BCUT2D eigenvalue weighted by molar-refractivity contribution is 0.0817. The summed E-state index contributed by atoms with van der Waals surface area (Å²) < 4.78 is 11.2. The van der Waals surface area contributed by atoms with Gasteiger partial charge >= 0.3 is 5.63 Å². The first-order valence-corrected chi connectivity index (χ1v) is 7.77. The molecule has 3 aromatic rings. The molecule has 3 rings (SSSR count). The number of ketones is 1. The molecule has 0 saturated carbocycles. The molecule has 4 nitrogen and oxygen atoms in total. The van der Waals surface area contributed by atoms with Gasteiger partial charge in [-0.3, -0.25) is 4.79 Å². The van der Waals surface area contributed by atoms with Crippen molar-refractivity contribution in [2.24, 2.45) is 0 Å². The lowest BCUT2D eigenvalue weighted by Gasteiger charge is -2.16. The fraction of sp³-hybridized carbons (Fsp3) is 0.200. The number of rotatable bonds is 4. The number of hydrogen-bond donors (Lipinski definition) is 0. The first-order valence-electron chi connectivity index (χ1n) is 7.77. The van der Waals surface area contributed by atoms with Crippen molar-refractivity contribution in [3.63, 3.8) is 0 Å². The minimum absolute atomic E-state index is 0.0965. The number of carbonyl (C=O) groups is 1. The van der Waals surface area contributed by atoms with Gasteiger partial charge in [-0.25, -0.2) is 4.79 Å². The average molecular weight is 322 g/mol. The Bertz CT molecular complexity index is 955. The zero-order valence-corrected chi connectivity index (χ0v) is 13.8. The zero-order chi connectivity index (χ0) is 17.3. The largest absolute Gasteiger partial charge is 0.482 e. The molecule has 0 bridgehead atoms. The summed E-state index contributed by atoms with van der Waals surface area (Å²) in [4.78, 5) is 24.1. The van der Waals surface area contributed by atoms with Gasteiger partial charge in [0.15, 0.2) is 6.10 Å². The predicted molar refractivity (Wildman–Crippen MR) is 92.8 cm³/mol. The van der Waals surface area contributed by atoms with E-state index >= 15 is 0 Å². The monoisotopic (exact) mass is 322 g/mol. The number of carbonyl (C=O) groups excluding carboxylic acids is 1. The van der Waals surface area contributed by atoms with Gasteiger partial charge in [0.2, 0.25) is 5.78 Å². The Labute approximate surface area is 139 Å². The highest BCUT2D eigenvalue weighted by atomic mass is 16.5. The van der Waals surface area contributed by atoms with Crippen molar-refractivity contribution in [3.05, 3.63) is 75.6 Å². The fourth-order valence-electron chi connectivity index (χ4n) is 2.71. The third-order valence-electron chi connectivity index (χ3n) is 4.05. The van der Waals surface area contributed by atoms with Crippen LogP contribution in [0.1, 0.15) is 28.4 Å². The van der Waals surface area contributed by atoms with Gasteiger partial charge in [0, 0.05) is 22.6 Å². The summed E-state index contributed by atoms with van der Waals surface area (Å²) in [5, 5.41) is 0.862. The molecule has 0 saturated heterocycles. The summed E-state index contributed by atoms with van der Waals surface area (Å²) in [6.07, 6.45) is -0.639. The van der Waals surface area contributed by atoms with Crippen molar-refractivity contribution in [2.75, 3.05) is 0 Å². The predicted octanol–water partition coefficient (Wildman–Crippen LogP) is 4.06. The van der Waals surface area contributed by atoms with Crippen molar-refractivity contribution < 1.29 is 13.9 Å². The van der Waals surface area contributed by atoms with Crippen molar-refractivity contribution in [1.82, 2.24) is 0 Å². The minimum Gasteiger partial charge on any atom is -0.482 e. The molecule has 4 heteroatoms. The van der Waals surface area contributed by atoms with Crippen LogP contribution in [-0.2, 0) is 0 Å². The van der Waals surface area contributed by atoms with E-state index in [1.54, 1.807) is 25.1 Å². The molecule has 0 fully saturated rings. The van der Waals surface area contributed by atoms with Crippen LogP contribution in [0.4, 0.5) is 0 Å². The smallest absolute Gasteiger partial charge is 0.336 e. The Morgan fingerprint density at radius 3 is 2.50 bits per heavy atom. The van der Waals surface area contributed by atoms with Gasteiger partial charge in [-0.2, -0.15) is 0 Å². The zero-order valence-electron chi connectivity index (χ0n) is 13.8. The summed E-state index contributed by atoms with van der Waals surface area (Å²) in [5.74, 6) is 0.439. The Morgan fingerprint density at radius 2 is 1.79 bits per heavy atom. The van der Waals surface area contributed by atoms with Gasteiger partial charge < -0.3 is 9.15 Å². The van der Waals surface area contributed by atoms with Crippen LogP contribution in [0, 0.1) is 13.8 Å². The van der Waals surface area contributed by atoms with E-state index < -0.39 is 11.7 Å². The molecule has 0 aliphatic carbocycles. The van der Waals surface area contributed by atoms with Crippen LogP contribution in [0.15, 0.2) is 57.7 Å². The lowest BCUT2D eigenvalue weighted by atomic mass is 10.1. The maximum atomic E-state index is 12.4. The van der Waals surface area contributed by atoms with E-state index in [4.69, 9.17) is 9.15 Å². The molecular weight excluding hydrogens is 304 g/mol. The first-order chi connectivity index (χ1) is 11.5. The van der Waals surface area contributed by atoms with E-state index in [2.05, 4.69) is 0 Å². The van der Waals surface area contributed by atoms with Gasteiger partial charge in [-0.1, -0.05) is 30.3 Å². The molecule has 0 unspecified atom stereocenters. The third kappa shape index (κ3) is 2.95. The SMILES string of the molecule is Cc1cc(=O)oc2c(C)c(O[C@H](C)C(=O)c3ccccc3)ccc12. The Hall–Kier alpha value is -2.88. The summed E-state index contributed by atoms with van der Waals surface area (Å²) in [7, 11) is 0. The molecule has 2 aromatic carbocycles. The number of Topliss-reactive ketones (excluding diaryl/α,β-unsaturated/α-hetero) is 1. The van der Waals surface area contributed by atoms with Gasteiger partial charge in [0.05, 0.1) is 0 Å². The van der Waals surface area contributed by atoms with Crippen molar-refractivity contribution in [3.8, 4) is 5.75 Å². The Balaban J connectivity index is 1.94. The number of fused-ring (bicyclic) bond motifs is 1. The van der Waals surface area contributed by atoms with E-state index in [0.29, 0.717) is 22.5 Å². The second-order valence-corrected chi connectivity index (χ2v) is 5.80. The second-order valence-electron chi connectivity index (χ2n) is 5.80. The van der Waals surface area contributed by atoms with Crippen molar-refractivity contribution in [2.45, 2.75) is 26.9 Å². The summed E-state index contributed by atoms with van der Waals surface area (Å²) in [5.41, 5.74) is 2.27. The third-order valence-corrected chi connectivity index (χ3v) is 4.05. The number of hydrogen-bond acceptors (Lipinski definition) is 4. The molecule has 0 N–H and O–H groups in total. The quantitative estimate of drug-likeness (QED) is 0.537. The van der Waals surface area contributed by atoms with E-state index in [9.17, 15) is 9.59 Å². The summed E-state index contributed by atoms with van der Waals surface area (Å²) in [6, 6.07) is 14.1.